The molecule has 0 saturated carbocycles. The monoisotopic (exact) mass is 284 g/mol. The maximum atomic E-state index is 11.7. The fraction of sp³-hybridized carbons (Fsp3) is 0.500. The predicted octanol–water partition coefficient (Wildman–Crippen LogP) is 1.89. The number of nitrogens with one attached hydrogen (secondary N) is 1. The summed E-state index contributed by atoms with van der Waals surface area (Å²) < 4.78 is 23.3. The molecular weight excluding hydrogens is 268 g/mol. The molecule has 6 nitrogen and oxygen atoms in total. The van der Waals surface area contributed by atoms with E-state index in [1.54, 1.807) is 19.1 Å². The van der Waals surface area contributed by atoms with Gasteiger partial charge in [-0.3, -0.25) is 10.1 Å². The third-order valence-electron chi connectivity index (χ3n) is 3.39. The minimum absolute atomic E-state index is 0.0686. The van der Waals surface area contributed by atoms with Crippen LogP contribution < -0.4 is 5.32 Å². The van der Waals surface area contributed by atoms with Gasteiger partial charge in [0.05, 0.1) is 15.9 Å². The standard InChI is InChI=1S/C12H16N2O4S/c1-9-7-10(4-5-12(9)14(15)16)13-8-11-3-2-6-19(11,17)18/h4-5,7,11,13H,2-3,6,8H2,1H3. The van der Waals surface area contributed by atoms with Crippen LogP contribution in [0.2, 0.25) is 0 Å². The molecule has 1 aliphatic rings. The summed E-state index contributed by atoms with van der Waals surface area (Å²) in [6.07, 6.45) is 1.40. The number of sulfone groups is 1. The fourth-order valence-corrected chi connectivity index (χ4v) is 4.05. The minimum atomic E-state index is -2.96. The van der Waals surface area contributed by atoms with Gasteiger partial charge in [0, 0.05) is 23.9 Å². The molecule has 1 fully saturated rings. The van der Waals surface area contributed by atoms with E-state index in [9.17, 15) is 18.5 Å². The second-order valence-corrected chi connectivity index (χ2v) is 7.17. The molecule has 0 bridgehead atoms. The van der Waals surface area contributed by atoms with Gasteiger partial charge in [0.15, 0.2) is 9.84 Å². The summed E-state index contributed by atoms with van der Waals surface area (Å²) in [5.41, 5.74) is 1.34. The van der Waals surface area contributed by atoms with Crippen LogP contribution in [0.5, 0.6) is 0 Å². The van der Waals surface area contributed by atoms with E-state index in [-0.39, 0.29) is 16.7 Å². The summed E-state index contributed by atoms with van der Waals surface area (Å²) in [4.78, 5) is 10.3. The highest BCUT2D eigenvalue weighted by Crippen LogP contribution is 2.23. The van der Waals surface area contributed by atoms with Gasteiger partial charge in [0.25, 0.3) is 5.69 Å². The Morgan fingerprint density at radius 1 is 1.47 bits per heavy atom. The Labute approximate surface area is 111 Å². The predicted molar refractivity (Wildman–Crippen MR) is 73.1 cm³/mol. The molecule has 1 aromatic rings. The average molecular weight is 284 g/mol. The third-order valence-corrected chi connectivity index (χ3v) is 5.67. The van der Waals surface area contributed by atoms with Crippen molar-refractivity contribution in [2.24, 2.45) is 0 Å². The molecule has 7 heteroatoms. The van der Waals surface area contributed by atoms with Gasteiger partial charge in [-0.1, -0.05) is 0 Å². The van der Waals surface area contributed by atoms with Crippen molar-refractivity contribution in [2.45, 2.75) is 25.0 Å². The largest absolute Gasteiger partial charge is 0.384 e. The minimum Gasteiger partial charge on any atom is -0.384 e. The Hall–Kier alpha value is -1.63. The van der Waals surface area contributed by atoms with Gasteiger partial charge in [0.2, 0.25) is 0 Å². The third kappa shape index (κ3) is 3.04. The van der Waals surface area contributed by atoms with E-state index < -0.39 is 14.8 Å². The fourth-order valence-electron chi connectivity index (χ4n) is 2.29. The van der Waals surface area contributed by atoms with E-state index >= 15 is 0 Å². The average Bonchev–Trinajstić information content (AvgIpc) is 2.65. The molecule has 1 N–H and O–H groups in total. The summed E-state index contributed by atoms with van der Waals surface area (Å²) in [7, 11) is -2.96. The van der Waals surface area contributed by atoms with Gasteiger partial charge in [-0.15, -0.1) is 0 Å². The number of nitro groups is 1. The number of nitrogens with zero attached hydrogens (tertiary/aromatic N) is 1. The molecule has 104 valence electrons. The van der Waals surface area contributed by atoms with Crippen molar-refractivity contribution >= 4 is 21.2 Å². The first-order chi connectivity index (χ1) is 8.90. The van der Waals surface area contributed by atoms with Crippen molar-refractivity contribution < 1.29 is 13.3 Å². The molecule has 0 aliphatic carbocycles. The van der Waals surface area contributed by atoms with Gasteiger partial charge < -0.3 is 5.32 Å². The Kier molecular flexibility index (Phi) is 3.75. The van der Waals surface area contributed by atoms with Crippen LogP contribution >= 0.6 is 0 Å². The quantitative estimate of drug-likeness (QED) is 0.673. The second kappa shape index (κ2) is 5.16. The lowest BCUT2D eigenvalue weighted by atomic mass is 10.1. The van der Waals surface area contributed by atoms with E-state index in [1.807, 2.05) is 0 Å². The maximum absolute atomic E-state index is 11.7. The van der Waals surface area contributed by atoms with E-state index in [4.69, 9.17) is 0 Å². The van der Waals surface area contributed by atoms with Gasteiger partial charge >= 0.3 is 0 Å². The summed E-state index contributed by atoms with van der Waals surface area (Å²) in [6.45, 7) is 2.02. The van der Waals surface area contributed by atoms with Crippen LogP contribution in [0.15, 0.2) is 18.2 Å². The van der Waals surface area contributed by atoms with Crippen LogP contribution in [0.4, 0.5) is 11.4 Å². The van der Waals surface area contributed by atoms with Gasteiger partial charge in [-0.05, 0) is 31.9 Å². The molecule has 1 saturated heterocycles. The molecule has 0 radical (unpaired) electrons. The zero-order valence-electron chi connectivity index (χ0n) is 10.6. The van der Waals surface area contributed by atoms with Crippen LogP contribution in [-0.4, -0.2) is 30.9 Å². The summed E-state index contributed by atoms with van der Waals surface area (Å²) in [5.74, 6) is 0.263. The van der Waals surface area contributed by atoms with E-state index in [0.717, 1.165) is 0 Å². The normalized spacial score (nSPS) is 21.2. The lowest BCUT2D eigenvalue weighted by molar-refractivity contribution is -0.385. The molecule has 1 aliphatic heterocycles. The number of hydrogen-bond donors (Lipinski definition) is 1. The lowest BCUT2D eigenvalue weighted by Gasteiger charge is -2.12. The molecule has 0 spiro atoms. The molecule has 0 aromatic heterocycles. The van der Waals surface area contributed by atoms with Gasteiger partial charge in [-0.25, -0.2) is 8.42 Å². The maximum Gasteiger partial charge on any atom is 0.272 e. The van der Waals surface area contributed by atoms with Crippen molar-refractivity contribution in [2.75, 3.05) is 17.6 Å². The van der Waals surface area contributed by atoms with Crippen molar-refractivity contribution in [1.82, 2.24) is 0 Å². The molecule has 2 rings (SSSR count). The van der Waals surface area contributed by atoms with Crippen LogP contribution in [0.1, 0.15) is 18.4 Å². The van der Waals surface area contributed by atoms with Crippen molar-refractivity contribution in [3.63, 3.8) is 0 Å². The number of benzene rings is 1. The number of hydrogen-bond acceptors (Lipinski definition) is 5. The Bertz CT molecular complexity index is 598. The molecule has 1 aromatic carbocycles. The first kappa shape index (κ1) is 13.8. The highest BCUT2D eigenvalue weighted by Gasteiger charge is 2.30. The van der Waals surface area contributed by atoms with E-state index in [1.165, 1.54) is 6.07 Å². The van der Waals surface area contributed by atoms with Crippen molar-refractivity contribution in [3.05, 3.63) is 33.9 Å². The molecule has 1 unspecified atom stereocenters. The smallest absolute Gasteiger partial charge is 0.272 e. The number of rotatable bonds is 4. The van der Waals surface area contributed by atoms with Crippen molar-refractivity contribution in [3.8, 4) is 0 Å². The lowest BCUT2D eigenvalue weighted by Crippen LogP contribution is -2.25. The first-order valence-corrected chi connectivity index (χ1v) is 7.82. The van der Waals surface area contributed by atoms with Gasteiger partial charge in [0.1, 0.15) is 0 Å². The highest BCUT2D eigenvalue weighted by atomic mass is 32.2. The van der Waals surface area contributed by atoms with E-state index in [2.05, 4.69) is 5.32 Å². The molecular formula is C12H16N2O4S. The van der Waals surface area contributed by atoms with Crippen LogP contribution in [0.3, 0.4) is 0 Å². The number of anilines is 1. The Morgan fingerprint density at radius 3 is 2.74 bits per heavy atom. The highest BCUT2D eigenvalue weighted by molar-refractivity contribution is 7.92. The van der Waals surface area contributed by atoms with E-state index in [0.29, 0.717) is 30.6 Å². The number of nitro benzene ring substituents is 1. The van der Waals surface area contributed by atoms with Crippen molar-refractivity contribution in [1.29, 1.82) is 0 Å². The number of aryl methyl sites for hydroxylation is 1. The van der Waals surface area contributed by atoms with Crippen LogP contribution in [0, 0.1) is 17.0 Å². The molecule has 19 heavy (non-hydrogen) atoms. The molecule has 0 amide bonds. The SMILES string of the molecule is Cc1cc(NCC2CCCS2(=O)=O)ccc1[N+](=O)[O-]. The summed E-state index contributed by atoms with van der Waals surface area (Å²) >= 11 is 0. The Balaban J connectivity index is 2.05. The molecule has 1 heterocycles. The van der Waals surface area contributed by atoms with Crippen LogP contribution in [0.25, 0.3) is 0 Å². The zero-order chi connectivity index (χ0) is 14.0. The Morgan fingerprint density at radius 2 is 2.21 bits per heavy atom. The second-order valence-electron chi connectivity index (χ2n) is 4.77. The summed E-state index contributed by atoms with van der Waals surface area (Å²) in [6, 6.07) is 4.70. The van der Waals surface area contributed by atoms with Gasteiger partial charge in [-0.2, -0.15) is 0 Å². The zero-order valence-corrected chi connectivity index (χ0v) is 11.4. The molecule has 1 atom stereocenters. The summed E-state index contributed by atoms with van der Waals surface area (Å²) in [5, 5.41) is 13.4. The first-order valence-electron chi connectivity index (χ1n) is 6.10. The van der Waals surface area contributed by atoms with Crippen LogP contribution in [-0.2, 0) is 9.84 Å². The topological polar surface area (TPSA) is 89.3 Å².